The average Bonchev–Trinajstić information content (AvgIpc) is 2.40. The van der Waals surface area contributed by atoms with E-state index in [1.54, 1.807) is 0 Å². The van der Waals surface area contributed by atoms with Crippen molar-refractivity contribution in [3.63, 3.8) is 0 Å². The van der Waals surface area contributed by atoms with Gasteiger partial charge in [0.05, 0.1) is 10.0 Å². The number of hydrogen-bond donors (Lipinski definition) is 1. The summed E-state index contributed by atoms with van der Waals surface area (Å²) < 4.78 is 0. The lowest BCUT2D eigenvalue weighted by molar-refractivity contribution is 0.337. The summed E-state index contributed by atoms with van der Waals surface area (Å²) in [5.74, 6) is 0.560. The van der Waals surface area contributed by atoms with Gasteiger partial charge in [-0.25, -0.2) is 0 Å². The van der Waals surface area contributed by atoms with Crippen molar-refractivity contribution in [2.24, 2.45) is 0 Å². The van der Waals surface area contributed by atoms with Crippen LogP contribution in [0.25, 0.3) is 0 Å². The van der Waals surface area contributed by atoms with E-state index in [2.05, 4.69) is 18.3 Å². The van der Waals surface area contributed by atoms with Crippen LogP contribution in [0.1, 0.15) is 50.5 Å². The van der Waals surface area contributed by atoms with Crippen LogP contribution in [0.5, 0.6) is 0 Å². The molecule has 1 heterocycles. The molecule has 0 spiro atoms. The van der Waals surface area contributed by atoms with Crippen LogP contribution in [-0.4, -0.2) is 12.6 Å². The number of nitrogens with one attached hydrogen (secondary N) is 1. The Morgan fingerprint density at radius 1 is 1.26 bits per heavy atom. The standard InChI is InChI=1S/C15H21Cl2N.ClH/c1-2-5-12(15-6-3-4-9-18-15)11-7-8-13(16)14(17)10-11;/h7-8,10,12,15,18H,2-6,9H2,1H3;1H. The fraction of sp³-hybridized carbons (Fsp3) is 0.600. The summed E-state index contributed by atoms with van der Waals surface area (Å²) in [6.45, 7) is 3.39. The normalized spacial score (nSPS) is 20.7. The van der Waals surface area contributed by atoms with Crippen molar-refractivity contribution in [2.75, 3.05) is 6.54 Å². The lowest BCUT2D eigenvalue weighted by Gasteiger charge is -2.32. The van der Waals surface area contributed by atoms with Crippen LogP contribution in [0.4, 0.5) is 0 Å². The zero-order chi connectivity index (χ0) is 13.0. The van der Waals surface area contributed by atoms with E-state index in [1.807, 2.05) is 12.1 Å². The molecule has 1 aliphatic rings. The second kappa shape index (κ2) is 8.36. The zero-order valence-electron chi connectivity index (χ0n) is 11.3. The van der Waals surface area contributed by atoms with Gasteiger partial charge in [0.2, 0.25) is 0 Å². The summed E-state index contributed by atoms with van der Waals surface area (Å²) >= 11 is 12.1. The lowest BCUT2D eigenvalue weighted by atomic mass is 9.83. The molecule has 1 nitrogen and oxygen atoms in total. The zero-order valence-corrected chi connectivity index (χ0v) is 13.6. The number of halogens is 3. The van der Waals surface area contributed by atoms with E-state index in [9.17, 15) is 0 Å². The lowest BCUT2D eigenvalue weighted by Crippen LogP contribution is -2.38. The predicted octanol–water partition coefficient (Wildman–Crippen LogP) is 5.44. The molecule has 0 amide bonds. The van der Waals surface area contributed by atoms with Crippen LogP contribution in [0.15, 0.2) is 18.2 Å². The minimum atomic E-state index is 0. The van der Waals surface area contributed by atoms with E-state index in [-0.39, 0.29) is 12.4 Å². The van der Waals surface area contributed by atoms with Crippen LogP contribution in [0.3, 0.4) is 0 Å². The topological polar surface area (TPSA) is 12.0 Å². The first-order valence-corrected chi connectivity index (χ1v) is 7.66. The maximum atomic E-state index is 6.14. The third-order valence-electron chi connectivity index (χ3n) is 3.81. The molecule has 2 atom stereocenters. The van der Waals surface area contributed by atoms with Gasteiger partial charge in [0.25, 0.3) is 0 Å². The van der Waals surface area contributed by atoms with E-state index in [4.69, 9.17) is 23.2 Å². The maximum Gasteiger partial charge on any atom is 0.0595 e. The Bertz CT molecular complexity index is 389. The molecular weight excluding hydrogens is 301 g/mol. The highest BCUT2D eigenvalue weighted by molar-refractivity contribution is 6.42. The number of rotatable bonds is 4. The number of benzene rings is 1. The highest BCUT2D eigenvalue weighted by atomic mass is 35.5. The van der Waals surface area contributed by atoms with Crippen molar-refractivity contribution >= 4 is 35.6 Å². The van der Waals surface area contributed by atoms with Gasteiger partial charge >= 0.3 is 0 Å². The van der Waals surface area contributed by atoms with Crippen LogP contribution < -0.4 is 5.32 Å². The third-order valence-corrected chi connectivity index (χ3v) is 4.54. The van der Waals surface area contributed by atoms with Crippen molar-refractivity contribution in [1.82, 2.24) is 5.32 Å². The Kier molecular flexibility index (Phi) is 7.53. The largest absolute Gasteiger partial charge is 0.313 e. The SMILES string of the molecule is CCCC(c1ccc(Cl)c(Cl)c1)C1CCCCN1.Cl. The van der Waals surface area contributed by atoms with E-state index in [1.165, 1.54) is 37.7 Å². The van der Waals surface area contributed by atoms with Gasteiger partial charge in [0.15, 0.2) is 0 Å². The van der Waals surface area contributed by atoms with Crippen LogP contribution in [0.2, 0.25) is 10.0 Å². The monoisotopic (exact) mass is 321 g/mol. The van der Waals surface area contributed by atoms with Crippen molar-refractivity contribution < 1.29 is 0 Å². The molecule has 1 aromatic carbocycles. The Morgan fingerprint density at radius 2 is 2.05 bits per heavy atom. The summed E-state index contributed by atoms with van der Waals surface area (Å²) in [5.41, 5.74) is 1.32. The molecule has 0 aromatic heterocycles. The number of hydrogen-bond acceptors (Lipinski definition) is 1. The Labute approximate surface area is 132 Å². The molecule has 4 heteroatoms. The van der Waals surface area contributed by atoms with Gasteiger partial charge in [0, 0.05) is 6.04 Å². The van der Waals surface area contributed by atoms with Gasteiger partial charge in [-0.05, 0) is 49.4 Å². The van der Waals surface area contributed by atoms with Crippen LogP contribution in [-0.2, 0) is 0 Å². The molecule has 1 saturated heterocycles. The van der Waals surface area contributed by atoms with Gasteiger partial charge in [-0.2, -0.15) is 0 Å². The summed E-state index contributed by atoms with van der Waals surface area (Å²) in [6.07, 6.45) is 6.31. The van der Waals surface area contributed by atoms with Gasteiger partial charge in [-0.1, -0.05) is 49.0 Å². The van der Waals surface area contributed by atoms with Crippen molar-refractivity contribution in [1.29, 1.82) is 0 Å². The van der Waals surface area contributed by atoms with Crippen molar-refractivity contribution in [3.05, 3.63) is 33.8 Å². The van der Waals surface area contributed by atoms with Crippen molar-refractivity contribution in [2.45, 2.75) is 51.0 Å². The summed E-state index contributed by atoms with van der Waals surface area (Å²) in [6, 6.07) is 6.69. The van der Waals surface area contributed by atoms with E-state index >= 15 is 0 Å². The van der Waals surface area contributed by atoms with Gasteiger partial charge in [-0.15, -0.1) is 12.4 Å². The predicted molar refractivity (Wildman–Crippen MR) is 87.0 cm³/mol. The molecule has 0 radical (unpaired) electrons. The fourth-order valence-electron chi connectivity index (χ4n) is 2.88. The maximum absolute atomic E-state index is 6.14. The quantitative estimate of drug-likeness (QED) is 0.778. The molecule has 19 heavy (non-hydrogen) atoms. The van der Waals surface area contributed by atoms with Gasteiger partial charge < -0.3 is 5.32 Å². The molecule has 2 unspecified atom stereocenters. The number of piperidine rings is 1. The van der Waals surface area contributed by atoms with Crippen LogP contribution in [0, 0.1) is 0 Å². The first-order chi connectivity index (χ1) is 8.72. The third kappa shape index (κ3) is 4.53. The highest BCUT2D eigenvalue weighted by Crippen LogP contribution is 2.33. The summed E-state index contributed by atoms with van der Waals surface area (Å²) in [5, 5.41) is 4.98. The molecular formula is C15H22Cl3N. The summed E-state index contributed by atoms with van der Waals surface area (Å²) in [4.78, 5) is 0. The summed E-state index contributed by atoms with van der Waals surface area (Å²) in [7, 11) is 0. The molecule has 0 saturated carbocycles. The first-order valence-electron chi connectivity index (χ1n) is 6.90. The van der Waals surface area contributed by atoms with Crippen molar-refractivity contribution in [3.8, 4) is 0 Å². The molecule has 1 fully saturated rings. The van der Waals surface area contributed by atoms with Gasteiger partial charge in [0.1, 0.15) is 0 Å². The van der Waals surface area contributed by atoms with E-state index in [0.717, 1.165) is 6.54 Å². The Balaban J connectivity index is 0.00000180. The van der Waals surface area contributed by atoms with Crippen LogP contribution >= 0.6 is 35.6 Å². The second-order valence-corrected chi connectivity index (χ2v) is 5.94. The highest BCUT2D eigenvalue weighted by Gasteiger charge is 2.24. The average molecular weight is 323 g/mol. The molecule has 1 N–H and O–H groups in total. The van der Waals surface area contributed by atoms with Gasteiger partial charge in [-0.3, -0.25) is 0 Å². The molecule has 2 rings (SSSR count). The Morgan fingerprint density at radius 3 is 2.63 bits per heavy atom. The Hall–Kier alpha value is 0.0500. The minimum Gasteiger partial charge on any atom is -0.313 e. The molecule has 1 aliphatic heterocycles. The molecule has 1 aromatic rings. The van der Waals surface area contributed by atoms with E-state index in [0.29, 0.717) is 22.0 Å². The smallest absolute Gasteiger partial charge is 0.0595 e. The molecule has 0 aliphatic carbocycles. The molecule has 108 valence electrons. The fourth-order valence-corrected chi connectivity index (χ4v) is 3.18. The second-order valence-electron chi connectivity index (χ2n) is 5.13. The minimum absolute atomic E-state index is 0. The molecule has 0 bridgehead atoms. The van der Waals surface area contributed by atoms with E-state index < -0.39 is 0 Å². The first kappa shape index (κ1) is 17.1.